The summed E-state index contributed by atoms with van der Waals surface area (Å²) in [5.74, 6) is 0. The molecule has 0 rings (SSSR count). The van der Waals surface area contributed by atoms with Crippen molar-refractivity contribution in [1.82, 2.24) is 0 Å². The van der Waals surface area contributed by atoms with Crippen molar-refractivity contribution in [2.45, 2.75) is 25.0 Å². The average Bonchev–Trinajstić information content (AvgIpc) is 1.87. The smallest absolute Gasteiger partial charge is 0.122 e. The van der Waals surface area contributed by atoms with Crippen molar-refractivity contribution in [3.8, 4) is 0 Å². The number of methoxy groups -OCH3 is 1. The summed E-state index contributed by atoms with van der Waals surface area (Å²) in [6, 6.07) is 0. The van der Waals surface area contributed by atoms with Gasteiger partial charge in [0.1, 0.15) is 6.29 Å². The Hall–Kier alpha value is -0.450. The molecule has 0 spiro atoms. The van der Waals surface area contributed by atoms with Crippen LogP contribution in [0.15, 0.2) is 0 Å². The van der Waals surface area contributed by atoms with Gasteiger partial charge in [-0.1, -0.05) is 0 Å². The predicted molar refractivity (Wildman–Crippen MR) is 39.2 cm³/mol. The fourth-order valence-electron chi connectivity index (χ4n) is 0.782. The van der Waals surface area contributed by atoms with Crippen LogP contribution in [0.2, 0.25) is 0 Å². The first-order valence-electron chi connectivity index (χ1n) is 3.49. The van der Waals surface area contributed by atoms with Gasteiger partial charge in [0.25, 0.3) is 0 Å². The molecule has 0 fully saturated rings. The second-order valence-electron chi connectivity index (χ2n) is 2.40. The fraction of sp³-hybridized carbons (Fsp3) is 0.857. The standard InChI is InChI=1S/C7H14O4/c1-11-5-7(10)4-6(9)2-3-8/h3,6-7,9-10H,2,4-5H2,1H3/t6-,7-/m0/s1. The Bertz CT molecular complexity index is 105. The molecule has 0 amide bonds. The monoisotopic (exact) mass is 162 g/mol. The SMILES string of the molecule is COC[C@@H](O)C[C@@H](O)CC=O. The first-order valence-corrected chi connectivity index (χ1v) is 3.49. The van der Waals surface area contributed by atoms with Gasteiger partial charge in [-0.3, -0.25) is 0 Å². The van der Waals surface area contributed by atoms with Crippen molar-refractivity contribution in [3.63, 3.8) is 0 Å². The number of aliphatic hydroxyl groups is 2. The molecule has 4 heteroatoms. The van der Waals surface area contributed by atoms with E-state index in [4.69, 9.17) is 10.2 Å². The van der Waals surface area contributed by atoms with Gasteiger partial charge in [0.05, 0.1) is 18.8 Å². The Morgan fingerprint density at radius 1 is 1.45 bits per heavy atom. The van der Waals surface area contributed by atoms with Crippen LogP contribution in [0, 0.1) is 0 Å². The Balaban J connectivity index is 3.39. The average molecular weight is 162 g/mol. The molecule has 2 atom stereocenters. The number of carbonyl (C=O) groups excluding carboxylic acids is 1. The number of hydrogen-bond acceptors (Lipinski definition) is 4. The van der Waals surface area contributed by atoms with E-state index in [1.54, 1.807) is 0 Å². The predicted octanol–water partition coefficient (Wildman–Crippen LogP) is -0.666. The summed E-state index contributed by atoms with van der Waals surface area (Å²) in [5, 5.41) is 18.0. The lowest BCUT2D eigenvalue weighted by atomic mass is 10.1. The molecule has 2 N–H and O–H groups in total. The number of hydrogen-bond donors (Lipinski definition) is 2. The number of ether oxygens (including phenoxy) is 1. The molecule has 0 saturated heterocycles. The second kappa shape index (κ2) is 6.27. The van der Waals surface area contributed by atoms with Crippen molar-refractivity contribution in [2.75, 3.05) is 13.7 Å². The lowest BCUT2D eigenvalue weighted by molar-refractivity contribution is -0.109. The Labute approximate surface area is 65.8 Å². The molecule has 0 aromatic rings. The summed E-state index contributed by atoms with van der Waals surface area (Å²) < 4.78 is 4.63. The topological polar surface area (TPSA) is 66.8 Å². The van der Waals surface area contributed by atoms with Crippen LogP contribution in [0.1, 0.15) is 12.8 Å². The number of aliphatic hydroxyl groups excluding tert-OH is 2. The van der Waals surface area contributed by atoms with Gasteiger partial charge in [-0.25, -0.2) is 0 Å². The molecule has 0 bridgehead atoms. The summed E-state index contributed by atoms with van der Waals surface area (Å²) in [7, 11) is 1.47. The molecule has 66 valence electrons. The van der Waals surface area contributed by atoms with E-state index in [0.717, 1.165) is 0 Å². The molecule has 0 aliphatic rings. The normalized spacial score (nSPS) is 15.9. The summed E-state index contributed by atoms with van der Waals surface area (Å²) in [4.78, 5) is 9.88. The van der Waals surface area contributed by atoms with Gasteiger partial charge in [-0.05, 0) is 0 Å². The molecule has 0 heterocycles. The van der Waals surface area contributed by atoms with Crippen LogP contribution in [0.25, 0.3) is 0 Å². The molecule has 0 saturated carbocycles. The lowest BCUT2D eigenvalue weighted by Crippen LogP contribution is -2.21. The van der Waals surface area contributed by atoms with Gasteiger partial charge in [0, 0.05) is 20.0 Å². The summed E-state index contributed by atoms with van der Waals surface area (Å²) in [5.41, 5.74) is 0. The van der Waals surface area contributed by atoms with Crippen molar-refractivity contribution in [3.05, 3.63) is 0 Å². The van der Waals surface area contributed by atoms with Crippen molar-refractivity contribution in [2.24, 2.45) is 0 Å². The molecule has 0 unspecified atom stereocenters. The van der Waals surface area contributed by atoms with E-state index in [1.807, 2.05) is 0 Å². The third-order valence-electron chi connectivity index (χ3n) is 1.27. The van der Waals surface area contributed by atoms with Crippen LogP contribution in [0.3, 0.4) is 0 Å². The molecule has 0 aromatic heterocycles. The van der Waals surface area contributed by atoms with Crippen molar-refractivity contribution >= 4 is 6.29 Å². The van der Waals surface area contributed by atoms with Crippen LogP contribution in [0.4, 0.5) is 0 Å². The molecule has 0 aliphatic heterocycles. The Morgan fingerprint density at radius 3 is 2.55 bits per heavy atom. The third-order valence-corrected chi connectivity index (χ3v) is 1.27. The number of carbonyl (C=O) groups is 1. The maximum Gasteiger partial charge on any atom is 0.122 e. The van der Waals surface area contributed by atoms with Gasteiger partial charge in [0.2, 0.25) is 0 Å². The maximum atomic E-state index is 9.88. The zero-order valence-corrected chi connectivity index (χ0v) is 6.56. The minimum atomic E-state index is -0.752. The van der Waals surface area contributed by atoms with E-state index in [-0.39, 0.29) is 19.4 Å². The van der Waals surface area contributed by atoms with E-state index in [0.29, 0.717) is 6.29 Å². The molecule has 0 radical (unpaired) electrons. The number of rotatable bonds is 6. The van der Waals surface area contributed by atoms with Crippen LogP contribution in [-0.2, 0) is 9.53 Å². The van der Waals surface area contributed by atoms with E-state index in [2.05, 4.69) is 4.74 Å². The second-order valence-corrected chi connectivity index (χ2v) is 2.40. The van der Waals surface area contributed by atoms with Gasteiger partial charge in [-0.2, -0.15) is 0 Å². The fourth-order valence-corrected chi connectivity index (χ4v) is 0.782. The number of aldehydes is 1. The highest BCUT2D eigenvalue weighted by molar-refractivity contribution is 5.49. The minimum Gasteiger partial charge on any atom is -0.393 e. The Kier molecular flexibility index (Phi) is 6.02. The van der Waals surface area contributed by atoms with Crippen LogP contribution >= 0.6 is 0 Å². The van der Waals surface area contributed by atoms with E-state index in [1.165, 1.54) is 7.11 Å². The van der Waals surface area contributed by atoms with E-state index in [9.17, 15) is 4.79 Å². The highest BCUT2D eigenvalue weighted by Crippen LogP contribution is 2.00. The maximum absolute atomic E-state index is 9.88. The largest absolute Gasteiger partial charge is 0.393 e. The van der Waals surface area contributed by atoms with Crippen molar-refractivity contribution < 1.29 is 19.7 Å². The lowest BCUT2D eigenvalue weighted by Gasteiger charge is -2.12. The van der Waals surface area contributed by atoms with Crippen LogP contribution < -0.4 is 0 Å². The third kappa shape index (κ3) is 5.97. The van der Waals surface area contributed by atoms with Gasteiger partial charge in [-0.15, -0.1) is 0 Å². The molecule has 4 nitrogen and oxygen atoms in total. The Morgan fingerprint density at radius 2 is 2.09 bits per heavy atom. The van der Waals surface area contributed by atoms with E-state index < -0.39 is 12.2 Å². The zero-order valence-electron chi connectivity index (χ0n) is 6.56. The summed E-state index contributed by atoms with van der Waals surface area (Å²) in [6.07, 6.45) is -0.551. The van der Waals surface area contributed by atoms with Gasteiger partial charge < -0.3 is 19.7 Å². The summed E-state index contributed by atoms with van der Waals surface area (Å²) in [6.45, 7) is 0.190. The minimum absolute atomic E-state index is 0.0702. The molecular weight excluding hydrogens is 148 g/mol. The first-order chi connectivity index (χ1) is 5.20. The summed E-state index contributed by atoms with van der Waals surface area (Å²) >= 11 is 0. The molecule has 0 aliphatic carbocycles. The van der Waals surface area contributed by atoms with Gasteiger partial charge >= 0.3 is 0 Å². The zero-order chi connectivity index (χ0) is 8.69. The van der Waals surface area contributed by atoms with Crippen LogP contribution in [-0.4, -0.2) is 42.4 Å². The molecule has 0 aromatic carbocycles. The van der Waals surface area contributed by atoms with Crippen LogP contribution in [0.5, 0.6) is 0 Å². The highest BCUT2D eigenvalue weighted by Gasteiger charge is 2.10. The first kappa shape index (κ1) is 10.6. The molecule has 11 heavy (non-hydrogen) atoms. The van der Waals surface area contributed by atoms with Gasteiger partial charge in [0.15, 0.2) is 0 Å². The molecular formula is C7H14O4. The highest BCUT2D eigenvalue weighted by atomic mass is 16.5. The van der Waals surface area contributed by atoms with E-state index >= 15 is 0 Å². The van der Waals surface area contributed by atoms with Crippen molar-refractivity contribution in [1.29, 1.82) is 0 Å². The quantitative estimate of drug-likeness (QED) is 0.508.